The molecule has 0 aromatic carbocycles. The Bertz CT molecular complexity index is 1040. The van der Waals surface area contributed by atoms with Gasteiger partial charge in [0.25, 0.3) is 0 Å². The molecule has 6 nitrogen and oxygen atoms in total. The van der Waals surface area contributed by atoms with Crippen molar-refractivity contribution < 1.29 is 24.5 Å². The Morgan fingerprint density at radius 3 is 0.847 bits per heavy atom. The van der Waals surface area contributed by atoms with Crippen LogP contribution in [-0.2, 0) is 14.3 Å². The molecule has 430 valence electrons. The van der Waals surface area contributed by atoms with Gasteiger partial charge in [-0.2, -0.15) is 0 Å². The Morgan fingerprint density at radius 2 is 0.569 bits per heavy atom. The number of esters is 1. The first-order chi connectivity index (χ1) is 35.5. The van der Waals surface area contributed by atoms with Gasteiger partial charge >= 0.3 is 5.97 Å². The number of carbonyl (C=O) groups is 2. The second-order valence-corrected chi connectivity index (χ2v) is 23.2. The number of aliphatic hydroxyl groups excluding tert-OH is 2. The monoisotopic (exact) mass is 1020 g/mol. The maximum Gasteiger partial charge on any atom is 0.305 e. The molecule has 0 saturated carbocycles. The van der Waals surface area contributed by atoms with E-state index in [4.69, 9.17) is 4.74 Å². The minimum atomic E-state index is -0.663. The highest BCUT2D eigenvalue weighted by molar-refractivity contribution is 5.76. The van der Waals surface area contributed by atoms with Gasteiger partial charge in [0.05, 0.1) is 25.4 Å². The van der Waals surface area contributed by atoms with Gasteiger partial charge in [0.1, 0.15) is 0 Å². The van der Waals surface area contributed by atoms with Crippen molar-refractivity contribution in [2.75, 3.05) is 13.2 Å². The zero-order chi connectivity index (χ0) is 52.2. The van der Waals surface area contributed by atoms with Crippen LogP contribution in [0.2, 0.25) is 0 Å². The molecule has 72 heavy (non-hydrogen) atoms. The Hall–Kier alpha value is -1.14. The Morgan fingerprint density at radius 1 is 0.333 bits per heavy atom. The van der Waals surface area contributed by atoms with E-state index in [-0.39, 0.29) is 18.5 Å². The quantitative estimate of drug-likeness (QED) is 0.0417. The van der Waals surface area contributed by atoms with Crippen LogP contribution >= 0.6 is 0 Å². The summed E-state index contributed by atoms with van der Waals surface area (Å²) in [7, 11) is 0. The summed E-state index contributed by atoms with van der Waals surface area (Å²) >= 11 is 0. The van der Waals surface area contributed by atoms with Crippen LogP contribution in [0.5, 0.6) is 0 Å². The zero-order valence-corrected chi connectivity index (χ0v) is 49.2. The molecule has 0 rings (SSSR count). The summed E-state index contributed by atoms with van der Waals surface area (Å²) < 4.78 is 5.48. The van der Waals surface area contributed by atoms with Crippen LogP contribution in [0, 0.1) is 0 Å². The Balaban J connectivity index is 3.36. The predicted octanol–water partition coefficient (Wildman–Crippen LogP) is 21.0. The molecule has 0 saturated heterocycles. The lowest BCUT2D eigenvalue weighted by Crippen LogP contribution is -2.45. The normalized spacial score (nSPS) is 12.4. The van der Waals surface area contributed by atoms with Crippen molar-refractivity contribution in [3.05, 3.63) is 0 Å². The fourth-order valence-electron chi connectivity index (χ4n) is 10.8. The van der Waals surface area contributed by atoms with Crippen molar-refractivity contribution in [1.29, 1.82) is 0 Å². The first-order valence-corrected chi connectivity index (χ1v) is 33.3. The summed E-state index contributed by atoms with van der Waals surface area (Å²) in [5.74, 6) is -0.0118. The van der Waals surface area contributed by atoms with E-state index in [1.807, 2.05) is 0 Å². The molecule has 0 aliphatic heterocycles. The van der Waals surface area contributed by atoms with Gasteiger partial charge in [0, 0.05) is 12.8 Å². The predicted molar refractivity (Wildman–Crippen MR) is 315 cm³/mol. The fourth-order valence-corrected chi connectivity index (χ4v) is 10.8. The summed E-state index contributed by atoms with van der Waals surface area (Å²) in [6.45, 7) is 4.99. The molecule has 2 atom stereocenters. The highest BCUT2D eigenvalue weighted by Crippen LogP contribution is 2.19. The number of rotatable bonds is 63. The molecular weight excluding hydrogens is 887 g/mol. The summed E-state index contributed by atoms with van der Waals surface area (Å²) in [4.78, 5) is 24.5. The molecule has 0 aromatic rings. The Labute approximate surface area is 451 Å². The van der Waals surface area contributed by atoms with Gasteiger partial charge < -0.3 is 20.3 Å². The zero-order valence-electron chi connectivity index (χ0n) is 49.2. The van der Waals surface area contributed by atoms with E-state index in [2.05, 4.69) is 19.2 Å². The van der Waals surface area contributed by atoms with E-state index in [0.717, 1.165) is 38.5 Å². The van der Waals surface area contributed by atoms with Crippen molar-refractivity contribution in [2.45, 2.75) is 398 Å². The molecule has 0 spiro atoms. The number of hydrogen-bond donors (Lipinski definition) is 3. The summed E-state index contributed by atoms with van der Waals surface area (Å²) in [6, 6.07) is -0.540. The molecule has 0 fully saturated rings. The van der Waals surface area contributed by atoms with Crippen LogP contribution in [-0.4, -0.2) is 47.4 Å². The first kappa shape index (κ1) is 70.9. The van der Waals surface area contributed by atoms with Gasteiger partial charge in [-0.15, -0.1) is 0 Å². The lowest BCUT2D eigenvalue weighted by molar-refractivity contribution is -0.143. The van der Waals surface area contributed by atoms with Gasteiger partial charge in [0.15, 0.2) is 0 Å². The minimum absolute atomic E-state index is 0.0174. The summed E-state index contributed by atoms with van der Waals surface area (Å²) in [6.07, 6.45) is 74.1. The standard InChI is InChI=1S/C66H131NO5/c1-3-5-7-9-11-13-15-17-18-19-26-29-32-35-38-42-46-50-54-58-64(69)63(62-68)67-65(70)59-55-51-47-43-39-36-33-30-27-24-22-20-21-23-25-28-31-34-37-41-45-49-53-57-61-72-66(71)60-56-52-48-44-40-16-14-12-10-8-6-4-2/h63-64,68-69H,3-62H2,1-2H3,(H,67,70). The minimum Gasteiger partial charge on any atom is -0.466 e. The van der Waals surface area contributed by atoms with Crippen LogP contribution in [0.1, 0.15) is 386 Å². The SMILES string of the molecule is CCCCCCCCCCCCCCCCCCCCCC(O)C(CO)NC(=O)CCCCCCCCCCCCCCCCCCCCCCCCCCOC(=O)CCCCCCCCCCCCCC. The molecule has 0 heterocycles. The molecule has 0 radical (unpaired) electrons. The van der Waals surface area contributed by atoms with Crippen LogP contribution in [0.3, 0.4) is 0 Å². The van der Waals surface area contributed by atoms with Gasteiger partial charge in [-0.1, -0.05) is 348 Å². The third-order valence-electron chi connectivity index (χ3n) is 15.9. The molecule has 6 heteroatoms. The number of amides is 1. The van der Waals surface area contributed by atoms with Gasteiger partial charge in [-0.3, -0.25) is 9.59 Å². The van der Waals surface area contributed by atoms with E-state index in [1.54, 1.807) is 0 Å². The van der Waals surface area contributed by atoms with Crippen molar-refractivity contribution in [1.82, 2.24) is 5.32 Å². The highest BCUT2D eigenvalue weighted by Gasteiger charge is 2.20. The van der Waals surface area contributed by atoms with Crippen molar-refractivity contribution in [3.8, 4) is 0 Å². The molecule has 0 aliphatic rings. The fraction of sp³-hybridized carbons (Fsp3) is 0.970. The number of hydrogen-bond acceptors (Lipinski definition) is 5. The second-order valence-electron chi connectivity index (χ2n) is 23.2. The second kappa shape index (κ2) is 62.4. The molecule has 2 unspecified atom stereocenters. The van der Waals surface area contributed by atoms with E-state index < -0.39 is 12.1 Å². The first-order valence-electron chi connectivity index (χ1n) is 33.3. The van der Waals surface area contributed by atoms with Gasteiger partial charge in [-0.05, 0) is 25.7 Å². The third-order valence-corrected chi connectivity index (χ3v) is 15.9. The number of aliphatic hydroxyl groups is 2. The maximum absolute atomic E-state index is 12.5. The Kier molecular flexibility index (Phi) is 61.4. The molecule has 1 amide bonds. The van der Waals surface area contributed by atoms with Crippen molar-refractivity contribution in [2.24, 2.45) is 0 Å². The van der Waals surface area contributed by atoms with E-state index in [0.29, 0.717) is 25.9 Å². The topological polar surface area (TPSA) is 95.9 Å². The maximum atomic E-state index is 12.5. The summed E-state index contributed by atoms with van der Waals surface area (Å²) in [5.41, 5.74) is 0. The smallest absolute Gasteiger partial charge is 0.305 e. The molecule has 0 aromatic heterocycles. The van der Waals surface area contributed by atoms with Gasteiger partial charge in [-0.25, -0.2) is 0 Å². The molecular formula is C66H131NO5. The van der Waals surface area contributed by atoms with E-state index >= 15 is 0 Å². The number of nitrogens with one attached hydrogen (secondary N) is 1. The molecule has 0 bridgehead atoms. The van der Waals surface area contributed by atoms with Gasteiger partial charge in [0.2, 0.25) is 5.91 Å². The van der Waals surface area contributed by atoms with E-state index in [9.17, 15) is 19.8 Å². The number of ether oxygens (including phenoxy) is 1. The van der Waals surface area contributed by atoms with Crippen LogP contribution in [0.4, 0.5) is 0 Å². The largest absolute Gasteiger partial charge is 0.466 e. The van der Waals surface area contributed by atoms with Crippen molar-refractivity contribution >= 4 is 11.9 Å². The third kappa shape index (κ3) is 58.1. The van der Waals surface area contributed by atoms with Crippen molar-refractivity contribution in [3.63, 3.8) is 0 Å². The van der Waals surface area contributed by atoms with E-state index in [1.165, 1.54) is 315 Å². The van der Waals surface area contributed by atoms with Crippen LogP contribution in [0.15, 0.2) is 0 Å². The van der Waals surface area contributed by atoms with Crippen LogP contribution in [0.25, 0.3) is 0 Å². The average Bonchev–Trinajstić information content (AvgIpc) is 3.38. The summed E-state index contributed by atoms with van der Waals surface area (Å²) in [5, 5.41) is 23.4. The lowest BCUT2D eigenvalue weighted by Gasteiger charge is -2.22. The van der Waals surface area contributed by atoms with Crippen LogP contribution < -0.4 is 5.32 Å². The average molecular weight is 1020 g/mol. The number of carbonyl (C=O) groups excluding carboxylic acids is 2. The molecule has 3 N–H and O–H groups in total. The lowest BCUT2D eigenvalue weighted by atomic mass is 10.0. The number of unbranched alkanes of at least 4 members (excludes halogenated alkanes) is 52. The molecule has 0 aliphatic carbocycles. The highest BCUT2D eigenvalue weighted by atomic mass is 16.5.